The van der Waals surface area contributed by atoms with Gasteiger partial charge >= 0.3 is 12.1 Å². The molecule has 0 heterocycles. The van der Waals surface area contributed by atoms with Gasteiger partial charge in [-0.05, 0) is 18.6 Å². The molecule has 0 aliphatic heterocycles. The van der Waals surface area contributed by atoms with E-state index in [2.05, 4.69) is 5.32 Å². The van der Waals surface area contributed by atoms with Gasteiger partial charge < -0.3 is 10.4 Å². The molecule has 1 atom stereocenters. The maximum absolute atomic E-state index is 12.8. The molecule has 0 bridgehead atoms. The molecule has 0 saturated carbocycles. The van der Waals surface area contributed by atoms with Crippen LogP contribution in [0.25, 0.3) is 0 Å². The van der Waals surface area contributed by atoms with E-state index in [1.807, 2.05) is 6.92 Å². The summed E-state index contributed by atoms with van der Waals surface area (Å²) < 4.78 is 38.4. The van der Waals surface area contributed by atoms with E-state index in [0.717, 1.165) is 18.6 Å². The monoisotopic (exact) mass is 303 g/mol. The van der Waals surface area contributed by atoms with Crippen LogP contribution in [-0.2, 0) is 11.0 Å². The highest BCUT2D eigenvalue weighted by Gasteiger charge is 2.35. The van der Waals surface area contributed by atoms with Gasteiger partial charge in [-0.1, -0.05) is 31.9 Å². The average Bonchev–Trinajstić information content (AvgIpc) is 2.42. The molecule has 4 nitrogen and oxygen atoms in total. The van der Waals surface area contributed by atoms with Gasteiger partial charge in [0.1, 0.15) is 6.04 Å². The molecule has 1 amide bonds. The second kappa shape index (κ2) is 7.10. The largest absolute Gasteiger partial charge is 0.480 e. The summed E-state index contributed by atoms with van der Waals surface area (Å²) in [7, 11) is 0. The number of carboxylic acid groups (broad SMARTS) is 1. The molecule has 0 radical (unpaired) electrons. The summed E-state index contributed by atoms with van der Waals surface area (Å²) in [5.41, 5.74) is -1.66. The Hall–Kier alpha value is -2.05. The number of carbonyl (C=O) groups excluding carboxylic acids is 1. The number of unbranched alkanes of at least 4 members (excludes halogenated alkanes) is 1. The van der Waals surface area contributed by atoms with Crippen molar-refractivity contribution in [1.29, 1.82) is 0 Å². The lowest BCUT2D eigenvalue weighted by Gasteiger charge is -2.16. The van der Waals surface area contributed by atoms with Gasteiger partial charge in [-0.25, -0.2) is 4.79 Å². The van der Waals surface area contributed by atoms with Gasteiger partial charge in [0.2, 0.25) is 0 Å². The van der Waals surface area contributed by atoms with Crippen LogP contribution in [0.1, 0.15) is 42.1 Å². The topological polar surface area (TPSA) is 66.4 Å². The minimum atomic E-state index is -4.67. The molecular weight excluding hydrogens is 287 g/mol. The summed E-state index contributed by atoms with van der Waals surface area (Å²) in [6.07, 6.45) is -3.22. The van der Waals surface area contributed by atoms with E-state index in [1.165, 1.54) is 12.1 Å². The molecule has 1 aromatic rings. The molecule has 1 rings (SSSR count). The van der Waals surface area contributed by atoms with Crippen LogP contribution < -0.4 is 5.32 Å². The summed E-state index contributed by atoms with van der Waals surface area (Å²) in [6, 6.07) is 3.09. The first-order chi connectivity index (χ1) is 9.77. The summed E-state index contributed by atoms with van der Waals surface area (Å²) >= 11 is 0. The Labute approximate surface area is 120 Å². The standard InChI is InChI=1S/C14H16F3NO3/c1-2-3-8-11(13(20)21)18-12(19)9-6-4-5-7-10(9)14(15,16)17/h4-7,11H,2-3,8H2,1H3,(H,18,19)(H,20,21)/t11-/m0/s1. The van der Waals surface area contributed by atoms with E-state index in [-0.39, 0.29) is 6.42 Å². The van der Waals surface area contributed by atoms with Gasteiger partial charge in [0.25, 0.3) is 5.91 Å². The number of rotatable bonds is 6. The Morgan fingerprint density at radius 2 is 1.90 bits per heavy atom. The quantitative estimate of drug-likeness (QED) is 0.848. The maximum Gasteiger partial charge on any atom is 0.417 e. The number of carbonyl (C=O) groups is 2. The molecule has 2 N–H and O–H groups in total. The molecular formula is C14H16F3NO3. The Kier molecular flexibility index (Phi) is 5.75. The smallest absolute Gasteiger partial charge is 0.417 e. The van der Waals surface area contributed by atoms with Crippen molar-refractivity contribution < 1.29 is 27.9 Å². The van der Waals surface area contributed by atoms with Crippen molar-refractivity contribution >= 4 is 11.9 Å². The Morgan fingerprint density at radius 1 is 1.29 bits per heavy atom. The number of hydrogen-bond acceptors (Lipinski definition) is 2. The Morgan fingerprint density at radius 3 is 2.43 bits per heavy atom. The molecule has 0 saturated heterocycles. The summed E-state index contributed by atoms with van der Waals surface area (Å²) in [4.78, 5) is 22.9. The molecule has 0 aromatic heterocycles. The van der Waals surface area contributed by atoms with E-state index < -0.39 is 35.2 Å². The number of hydrogen-bond donors (Lipinski definition) is 2. The molecule has 1 aromatic carbocycles. The first-order valence-electron chi connectivity index (χ1n) is 6.47. The first kappa shape index (κ1) is 17.0. The van der Waals surface area contributed by atoms with Crippen molar-refractivity contribution in [3.8, 4) is 0 Å². The van der Waals surface area contributed by atoms with Gasteiger partial charge in [0, 0.05) is 0 Å². The highest BCUT2D eigenvalue weighted by Crippen LogP contribution is 2.31. The van der Waals surface area contributed by atoms with E-state index >= 15 is 0 Å². The average molecular weight is 303 g/mol. The normalized spacial score (nSPS) is 12.8. The number of amides is 1. The van der Waals surface area contributed by atoms with E-state index in [1.54, 1.807) is 0 Å². The van der Waals surface area contributed by atoms with E-state index in [9.17, 15) is 22.8 Å². The number of halogens is 3. The van der Waals surface area contributed by atoms with Gasteiger partial charge in [-0.15, -0.1) is 0 Å². The van der Waals surface area contributed by atoms with Crippen LogP contribution in [0.5, 0.6) is 0 Å². The van der Waals surface area contributed by atoms with Crippen LogP contribution in [0.15, 0.2) is 24.3 Å². The molecule has 21 heavy (non-hydrogen) atoms. The van der Waals surface area contributed by atoms with Crippen molar-refractivity contribution in [2.24, 2.45) is 0 Å². The predicted molar refractivity (Wildman–Crippen MR) is 69.9 cm³/mol. The van der Waals surface area contributed by atoms with Crippen LogP contribution in [0.4, 0.5) is 13.2 Å². The number of benzene rings is 1. The number of aliphatic carboxylic acids is 1. The van der Waals surface area contributed by atoms with Gasteiger partial charge in [-0.2, -0.15) is 13.2 Å². The minimum absolute atomic E-state index is 0.172. The molecule has 0 aliphatic carbocycles. The lowest BCUT2D eigenvalue weighted by Crippen LogP contribution is -2.41. The highest BCUT2D eigenvalue weighted by atomic mass is 19.4. The maximum atomic E-state index is 12.8. The molecule has 0 fully saturated rings. The zero-order valence-electron chi connectivity index (χ0n) is 11.4. The van der Waals surface area contributed by atoms with Crippen molar-refractivity contribution in [2.75, 3.05) is 0 Å². The molecule has 116 valence electrons. The molecule has 0 spiro atoms. The summed E-state index contributed by atoms with van der Waals surface area (Å²) in [6.45, 7) is 1.85. The fourth-order valence-corrected chi connectivity index (χ4v) is 1.83. The zero-order chi connectivity index (χ0) is 16.0. The number of alkyl halides is 3. The van der Waals surface area contributed by atoms with Gasteiger partial charge in [-0.3, -0.25) is 4.79 Å². The molecule has 0 unspecified atom stereocenters. The first-order valence-corrected chi connectivity index (χ1v) is 6.47. The van der Waals surface area contributed by atoms with E-state index in [0.29, 0.717) is 6.42 Å². The van der Waals surface area contributed by atoms with Gasteiger partial charge in [0.05, 0.1) is 11.1 Å². The molecule has 7 heteroatoms. The van der Waals surface area contributed by atoms with Crippen LogP contribution in [-0.4, -0.2) is 23.0 Å². The van der Waals surface area contributed by atoms with Crippen molar-refractivity contribution in [2.45, 2.75) is 38.4 Å². The highest BCUT2D eigenvalue weighted by molar-refractivity contribution is 5.98. The van der Waals surface area contributed by atoms with Crippen molar-refractivity contribution in [3.05, 3.63) is 35.4 Å². The SMILES string of the molecule is CCCC[C@H](NC(=O)c1ccccc1C(F)(F)F)C(=O)O. The zero-order valence-corrected chi connectivity index (χ0v) is 11.4. The lowest BCUT2D eigenvalue weighted by molar-refractivity contribution is -0.139. The Bertz CT molecular complexity index is 514. The van der Waals surface area contributed by atoms with Crippen LogP contribution in [0, 0.1) is 0 Å². The lowest BCUT2D eigenvalue weighted by atomic mass is 10.0. The fraction of sp³-hybridized carbons (Fsp3) is 0.429. The van der Waals surface area contributed by atoms with Gasteiger partial charge in [0.15, 0.2) is 0 Å². The van der Waals surface area contributed by atoms with Crippen molar-refractivity contribution in [1.82, 2.24) is 5.32 Å². The van der Waals surface area contributed by atoms with Crippen molar-refractivity contribution in [3.63, 3.8) is 0 Å². The Balaban J connectivity index is 2.96. The van der Waals surface area contributed by atoms with Crippen LogP contribution in [0.2, 0.25) is 0 Å². The third-order valence-corrected chi connectivity index (χ3v) is 2.93. The second-order valence-electron chi connectivity index (χ2n) is 4.55. The minimum Gasteiger partial charge on any atom is -0.480 e. The summed E-state index contributed by atoms with van der Waals surface area (Å²) in [5.74, 6) is -2.30. The third kappa shape index (κ3) is 4.77. The fourth-order valence-electron chi connectivity index (χ4n) is 1.83. The third-order valence-electron chi connectivity index (χ3n) is 2.93. The van der Waals surface area contributed by atoms with Crippen LogP contribution in [0.3, 0.4) is 0 Å². The number of carboxylic acids is 1. The van der Waals surface area contributed by atoms with Crippen LogP contribution >= 0.6 is 0 Å². The predicted octanol–water partition coefficient (Wildman–Crippen LogP) is 3.08. The number of nitrogens with one attached hydrogen (secondary N) is 1. The second-order valence-corrected chi connectivity index (χ2v) is 4.55. The molecule has 0 aliphatic rings. The summed E-state index contributed by atoms with van der Waals surface area (Å²) in [5, 5.41) is 11.1. The van der Waals surface area contributed by atoms with E-state index in [4.69, 9.17) is 5.11 Å².